The van der Waals surface area contributed by atoms with Gasteiger partial charge in [-0.15, -0.1) is 0 Å². The Labute approximate surface area is 127 Å². The summed E-state index contributed by atoms with van der Waals surface area (Å²) >= 11 is 3.29. The van der Waals surface area contributed by atoms with E-state index in [0.717, 1.165) is 10.9 Å². The summed E-state index contributed by atoms with van der Waals surface area (Å²) in [6.07, 6.45) is 4.44. The molecule has 0 bridgehead atoms. The van der Waals surface area contributed by atoms with Crippen molar-refractivity contribution < 1.29 is 13.2 Å². The summed E-state index contributed by atoms with van der Waals surface area (Å²) in [6.45, 7) is 2.54. The minimum atomic E-state index is -3.00. The summed E-state index contributed by atoms with van der Waals surface area (Å²) < 4.78 is 23.9. The van der Waals surface area contributed by atoms with Crippen molar-refractivity contribution in [2.75, 3.05) is 18.1 Å². The maximum Gasteiger partial charge on any atom is 0.255 e. The lowest BCUT2D eigenvalue weighted by Gasteiger charge is -2.28. The largest absolute Gasteiger partial charge is 0.335 e. The quantitative estimate of drug-likeness (QED) is 0.821. The Bertz CT molecular complexity index is 603. The molecule has 0 radical (unpaired) electrons. The monoisotopic (exact) mass is 360 g/mol. The first kappa shape index (κ1) is 15.4. The number of carbonyl (C=O) groups is 1. The van der Waals surface area contributed by atoms with Gasteiger partial charge in [-0.3, -0.25) is 9.78 Å². The van der Waals surface area contributed by atoms with Gasteiger partial charge < -0.3 is 4.90 Å². The summed E-state index contributed by atoms with van der Waals surface area (Å²) in [4.78, 5) is 18.2. The number of aromatic nitrogens is 1. The molecule has 2 rings (SSSR count). The molecule has 7 heteroatoms. The SMILES string of the molecule is CCCN(C(=O)c1cncc(Br)c1)C1CCS(=O)(=O)C1. The third-order valence-corrected chi connectivity index (χ3v) is 5.51. The van der Waals surface area contributed by atoms with Crippen LogP contribution in [-0.2, 0) is 9.84 Å². The lowest BCUT2D eigenvalue weighted by Crippen LogP contribution is -2.41. The molecule has 1 atom stereocenters. The van der Waals surface area contributed by atoms with Crippen LogP contribution in [0.5, 0.6) is 0 Å². The standard InChI is InChI=1S/C13H17BrN2O3S/c1-2-4-16(12-3-5-20(18,19)9-12)13(17)10-6-11(14)8-15-7-10/h6-8,12H,2-5,9H2,1H3. The molecule has 0 aliphatic carbocycles. The van der Waals surface area contributed by atoms with Crippen LogP contribution in [0.1, 0.15) is 30.1 Å². The highest BCUT2D eigenvalue weighted by Crippen LogP contribution is 2.21. The highest BCUT2D eigenvalue weighted by Gasteiger charge is 2.34. The van der Waals surface area contributed by atoms with E-state index in [9.17, 15) is 13.2 Å². The number of pyridine rings is 1. The van der Waals surface area contributed by atoms with Crippen LogP contribution < -0.4 is 0 Å². The maximum atomic E-state index is 12.6. The van der Waals surface area contributed by atoms with Gasteiger partial charge in [0.05, 0.1) is 17.1 Å². The van der Waals surface area contributed by atoms with E-state index in [1.165, 1.54) is 6.20 Å². The predicted octanol–water partition coefficient (Wildman–Crippen LogP) is 1.88. The molecule has 1 aromatic heterocycles. The summed E-state index contributed by atoms with van der Waals surface area (Å²) in [5.41, 5.74) is 0.483. The van der Waals surface area contributed by atoms with Gasteiger partial charge in [0.2, 0.25) is 0 Å². The topological polar surface area (TPSA) is 67.3 Å². The minimum Gasteiger partial charge on any atom is -0.335 e. The molecule has 0 N–H and O–H groups in total. The third kappa shape index (κ3) is 3.58. The number of sulfone groups is 1. The van der Waals surface area contributed by atoms with Crippen LogP contribution in [0.4, 0.5) is 0 Å². The zero-order valence-corrected chi connectivity index (χ0v) is 13.7. The Kier molecular flexibility index (Phi) is 4.80. The lowest BCUT2D eigenvalue weighted by atomic mass is 10.1. The van der Waals surface area contributed by atoms with Gasteiger partial charge in [0.15, 0.2) is 9.84 Å². The van der Waals surface area contributed by atoms with E-state index in [-0.39, 0.29) is 23.5 Å². The first-order valence-corrected chi connectivity index (χ1v) is 9.16. The first-order valence-electron chi connectivity index (χ1n) is 6.55. The number of halogens is 1. The number of rotatable bonds is 4. The van der Waals surface area contributed by atoms with Gasteiger partial charge >= 0.3 is 0 Å². The molecule has 1 saturated heterocycles. The van der Waals surface area contributed by atoms with Crippen LogP contribution in [0.25, 0.3) is 0 Å². The van der Waals surface area contributed by atoms with E-state index in [4.69, 9.17) is 0 Å². The molecule has 5 nitrogen and oxygen atoms in total. The number of amides is 1. The number of hydrogen-bond acceptors (Lipinski definition) is 4. The van der Waals surface area contributed by atoms with Gasteiger partial charge in [0.25, 0.3) is 5.91 Å². The zero-order valence-electron chi connectivity index (χ0n) is 11.3. The zero-order chi connectivity index (χ0) is 14.8. The molecule has 0 aromatic carbocycles. The highest BCUT2D eigenvalue weighted by molar-refractivity contribution is 9.10. The van der Waals surface area contributed by atoms with Crippen molar-refractivity contribution in [3.8, 4) is 0 Å². The minimum absolute atomic E-state index is 0.0696. The predicted molar refractivity (Wildman–Crippen MR) is 80.3 cm³/mol. The molecule has 1 unspecified atom stereocenters. The number of nitrogens with zero attached hydrogens (tertiary/aromatic N) is 2. The van der Waals surface area contributed by atoms with Crippen molar-refractivity contribution in [1.82, 2.24) is 9.88 Å². The molecule has 0 spiro atoms. The van der Waals surface area contributed by atoms with E-state index in [1.807, 2.05) is 6.92 Å². The Balaban J connectivity index is 2.22. The lowest BCUT2D eigenvalue weighted by molar-refractivity contribution is 0.0696. The Morgan fingerprint density at radius 2 is 2.25 bits per heavy atom. The number of carbonyl (C=O) groups excluding carboxylic acids is 1. The average Bonchev–Trinajstić information content (AvgIpc) is 2.75. The second-order valence-corrected chi connectivity index (χ2v) is 8.09. The van der Waals surface area contributed by atoms with Crippen LogP contribution in [0.2, 0.25) is 0 Å². The van der Waals surface area contributed by atoms with Gasteiger partial charge in [0, 0.05) is 29.5 Å². The molecule has 1 amide bonds. The maximum absolute atomic E-state index is 12.6. The summed E-state index contributed by atoms with van der Waals surface area (Å²) in [6, 6.07) is 1.49. The van der Waals surface area contributed by atoms with Crippen molar-refractivity contribution in [3.63, 3.8) is 0 Å². The van der Waals surface area contributed by atoms with Gasteiger partial charge in [0.1, 0.15) is 0 Å². The van der Waals surface area contributed by atoms with E-state index < -0.39 is 9.84 Å². The first-order chi connectivity index (χ1) is 9.43. The second-order valence-electron chi connectivity index (χ2n) is 4.95. The fourth-order valence-electron chi connectivity index (χ4n) is 2.41. The van der Waals surface area contributed by atoms with Crippen LogP contribution in [-0.4, -0.2) is 48.3 Å². The van der Waals surface area contributed by atoms with Crippen molar-refractivity contribution in [2.45, 2.75) is 25.8 Å². The fraction of sp³-hybridized carbons (Fsp3) is 0.538. The van der Waals surface area contributed by atoms with Gasteiger partial charge in [-0.2, -0.15) is 0 Å². The Hall–Kier alpha value is -0.950. The molecule has 1 fully saturated rings. The van der Waals surface area contributed by atoms with E-state index >= 15 is 0 Å². The van der Waals surface area contributed by atoms with Gasteiger partial charge in [-0.1, -0.05) is 6.92 Å². The molecule has 1 aromatic rings. The van der Waals surface area contributed by atoms with Crippen LogP contribution in [0.3, 0.4) is 0 Å². The molecule has 1 aliphatic heterocycles. The number of hydrogen-bond donors (Lipinski definition) is 0. The van der Waals surface area contributed by atoms with Gasteiger partial charge in [-0.05, 0) is 34.8 Å². The molecular weight excluding hydrogens is 344 g/mol. The normalized spacial score (nSPS) is 20.8. The molecular formula is C13H17BrN2O3S. The summed E-state index contributed by atoms with van der Waals surface area (Å²) in [5, 5.41) is 0. The van der Waals surface area contributed by atoms with Gasteiger partial charge in [-0.25, -0.2) is 8.42 Å². The van der Waals surface area contributed by atoms with Crippen molar-refractivity contribution in [1.29, 1.82) is 0 Å². The van der Waals surface area contributed by atoms with E-state index in [2.05, 4.69) is 20.9 Å². The second kappa shape index (κ2) is 6.22. The van der Waals surface area contributed by atoms with Crippen molar-refractivity contribution >= 4 is 31.7 Å². The molecule has 2 heterocycles. The molecule has 0 saturated carbocycles. The molecule has 110 valence electrons. The van der Waals surface area contributed by atoms with Crippen LogP contribution in [0.15, 0.2) is 22.9 Å². The Morgan fingerprint density at radius 3 is 2.80 bits per heavy atom. The summed E-state index contributed by atoms with van der Waals surface area (Å²) in [7, 11) is -3.00. The third-order valence-electron chi connectivity index (χ3n) is 3.33. The van der Waals surface area contributed by atoms with E-state index in [1.54, 1.807) is 17.2 Å². The fourth-order valence-corrected chi connectivity index (χ4v) is 4.50. The van der Waals surface area contributed by atoms with E-state index in [0.29, 0.717) is 18.5 Å². The Morgan fingerprint density at radius 1 is 1.50 bits per heavy atom. The smallest absolute Gasteiger partial charge is 0.255 e. The highest BCUT2D eigenvalue weighted by atomic mass is 79.9. The average molecular weight is 361 g/mol. The van der Waals surface area contributed by atoms with Crippen molar-refractivity contribution in [3.05, 3.63) is 28.5 Å². The summed E-state index contributed by atoms with van der Waals surface area (Å²) in [5.74, 6) is 0.0879. The van der Waals surface area contributed by atoms with Crippen LogP contribution in [0, 0.1) is 0 Å². The van der Waals surface area contributed by atoms with Crippen molar-refractivity contribution in [2.24, 2.45) is 0 Å². The van der Waals surface area contributed by atoms with Crippen LogP contribution >= 0.6 is 15.9 Å². The molecule has 20 heavy (non-hydrogen) atoms. The molecule has 1 aliphatic rings.